The van der Waals surface area contributed by atoms with E-state index in [9.17, 15) is 22.8 Å². The topological polar surface area (TPSA) is 182 Å². The van der Waals surface area contributed by atoms with E-state index in [1.165, 1.54) is 5.56 Å². The van der Waals surface area contributed by atoms with Crippen molar-refractivity contribution in [1.29, 1.82) is 0 Å². The lowest BCUT2D eigenvalue weighted by atomic mass is 9.65. The molecule has 226 valence electrons. The van der Waals surface area contributed by atoms with Gasteiger partial charge in [-0.3, -0.25) is 14.5 Å². The number of aliphatic carboxylic acids is 3. The smallest absolute Gasteiger partial charge is 0.336 e. The molecule has 0 aromatic heterocycles. The van der Waals surface area contributed by atoms with E-state index >= 15 is 0 Å². The maximum Gasteiger partial charge on any atom is 0.336 e. The summed E-state index contributed by atoms with van der Waals surface area (Å²) in [5.41, 5.74) is -1.45. The Morgan fingerprint density at radius 3 is 1.80 bits per heavy atom. The first kappa shape index (κ1) is 34.2. The van der Waals surface area contributed by atoms with Crippen molar-refractivity contribution in [2.24, 2.45) is 5.41 Å². The van der Waals surface area contributed by atoms with Gasteiger partial charge in [-0.15, -0.1) is 0 Å². The fraction of sp³-hybridized carbons (Fsp3) is 0.464. The number of hydrogen-bond donors (Lipinski definition) is 5. The zero-order chi connectivity index (χ0) is 31.1. The summed E-state index contributed by atoms with van der Waals surface area (Å²) in [6.07, 6.45) is 1.64. The number of aliphatic hydroxyl groups is 1. The third-order valence-electron chi connectivity index (χ3n) is 7.55. The lowest BCUT2D eigenvalue weighted by molar-refractivity contribution is -0.170. The Morgan fingerprint density at radius 2 is 1.39 bits per heavy atom. The van der Waals surface area contributed by atoms with Crippen LogP contribution in [0.3, 0.4) is 0 Å². The normalized spacial score (nSPS) is 21.0. The number of rotatable bonds is 11. The van der Waals surface area contributed by atoms with Crippen LogP contribution in [0, 0.1) is 5.41 Å². The van der Waals surface area contributed by atoms with Crippen molar-refractivity contribution < 1.29 is 43.2 Å². The van der Waals surface area contributed by atoms with Crippen molar-refractivity contribution in [3.63, 3.8) is 0 Å². The third-order valence-corrected chi connectivity index (χ3v) is 9.22. The molecule has 0 heterocycles. The van der Waals surface area contributed by atoms with Crippen molar-refractivity contribution in [2.45, 2.75) is 61.5 Å². The average Bonchev–Trinajstić information content (AvgIpc) is 2.88. The standard InChI is InChI=1S/C22H29ClN2O2S.C6H8O7/c1-21(17-24-28(26,27)20-11-9-19(23)10-12-20)13-15-22(16-14-21,25(2)3)18-7-5-4-6-8-18;7-3(8)1-6(13,5(11)12)2-4(9)10/h4-12,24H,13-17H2,1-3H3;13H,1-2H2,(H,7,8)(H,9,10)(H,11,12). The molecule has 1 fully saturated rings. The Hall–Kier alpha value is -3.03. The van der Waals surface area contributed by atoms with E-state index in [0.29, 0.717) is 11.6 Å². The summed E-state index contributed by atoms with van der Waals surface area (Å²) in [6.45, 7) is 2.62. The largest absolute Gasteiger partial charge is 0.481 e. The van der Waals surface area contributed by atoms with E-state index in [1.54, 1.807) is 24.3 Å². The molecule has 1 aliphatic carbocycles. The molecule has 2 aromatic carbocycles. The highest BCUT2D eigenvalue weighted by atomic mass is 35.5. The van der Waals surface area contributed by atoms with Crippen LogP contribution in [-0.2, 0) is 29.9 Å². The Balaban J connectivity index is 0.000000383. The molecule has 0 spiro atoms. The number of carboxylic acid groups (broad SMARTS) is 3. The summed E-state index contributed by atoms with van der Waals surface area (Å²) in [4.78, 5) is 33.1. The monoisotopic (exact) mass is 612 g/mol. The number of benzene rings is 2. The van der Waals surface area contributed by atoms with Gasteiger partial charge in [-0.05, 0) is 75.0 Å². The summed E-state index contributed by atoms with van der Waals surface area (Å²) in [7, 11) is 0.745. The van der Waals surface area contributed by atoms with Crippen molar-refractivity contribution in [2.75, 3.05) is 20.6 Å². The molecular weight excluding hydrogens is 576 g/mol. The number of nitrogens with zero attached hydrogens (tertiary/aromatic N) is 1. The predicted octanol–water partition coefficient (Wildman–Crippen LogP) is 3.41. The highest BCUT2D eigenvalue weighted by molar-refractivity contribution is 7.89. The number of nitrogens with one attached hydrogen (secondary N) is 1. The van der Waals surface area contributed by atoms with Crippen LogP contribution in [-0.4, -0.2) is 77.9 Å². The fourth-order valence-corrected chi connectivity index (χ4v) is 6.19. The number of hydrogen-bond acceptors (Lipinski definition) is 7. The van der Waals surface area contributed by atoms with Crippen LogP contribution in [0.4, 0.5) is 0 Å². The van der Waals surface area contributed by atoms with Gasteiger partial charge in [0, 0.05) is 17.1 Å². The molecule has 0 saturated heterocycles. The summed E-state index contributed by atoms with van der Waals surface area (Å²) < 4.78 is 28.1. The summed E-state index contributed by atoms with van der Waals surface area (Å²) >= 11 is 5.87. The molecule has 2 aromatic rings. The van der Waals surface area contributed by atoms with E-state index in [0.717, 1.165) is 25.7 Å². The van der Waals surface area contributed by atoms with Gasteiger partial charge < -0.3 is 20.4 Å². The molecule has 0 radical (unpaired) electrons. The molecule has 0 amide bonds. The quantitative estimate of drug-likeness (QED) is 0.252. The van der Waals surface area contributed by atoms with Crippen LogP contribution in [0.25, 0.3) is 0 Å². The molecule has 11 nitrogen and oxygen atoms in total. The molecule has 3 rings (SSSR count). The Bertz CT molecular complexity index is 1290. The van der Waals surface area contributed by atoms with Crippen molar-refractivity contribution in [1.82, 2.24) is 9.62 Å². The Morgan fingerprint density at radius 1 is 0.902 bits per heavy atom. The first-order chi connectivity index (χ1) is 18.9. The first-order valence-corrected chi connectivity index (χ1v) is 14.7. The summed E-state index contributed by atoms with van der Waals surface area (Å²) in [5, 5.41) is 34.3. The molecule has 1 aliphatic rings. The van der Waals surface area contributed by atoms with Crippen LogP contribution >= 0.6 is 11.6 Å². The first-order valence-electron chi connectivity index (χ1n) is 12.8. The molecule has 0 bridgehead atoms. The highest BCUT2D eigenvalue weighted by Crippen LogP contribution is 2.47. The zero-order valence-electron chi connectivity index (χ0n) is 23.2. The van der Waals surface area contributed by atoms with Gasteiger partial charge in [0.15, 0.2) is 5.60 Å². The van der Waals surface area contributed by atoms with E-state index in [2.05, 4.69) is 54.9 Å². The van der Waals surface area contributed by atoms with Crippen molar-refractivity contribution >= 4 is 39.5 Å². The molecule has 0 atom stereocenters. The van der Waals surface area contributed by atoms with E-state index < -0.39 is 46.4 Å². The minimum atomic E-state index is -3.53. The second kappa shape index (κ2) is 13.8. The van der Waals surface area contributed by atoms with Crippen molar-refractivity contribution in [3.05, 3.63) is 65.2 Å². The summed E-state index contributed by atoms with van der Waals surface area (Å²) in [5.74, 6) is -5.02. The Kier molecular flexibility index (Phi) is 11.5. The SMILES string of the molecule is CN(C)C1(c2ccccc2)CCC(C)(CNS(=O)(=O)c2ccc(Cl)cc2)CC1.O=C(O)CC(O)(CC(=O)O)C(=O)O. The Labute approximate surface area is 244 Å². The van der Waals surface area contributed by atoms with E-state index in [4.69, 9.17) is 32.0 Å². The van der Waals surface area contributed by atoms with Gasteiger partial charge >= 0.3 is 17.9 Å². The molecule has 0 unspecified atom stereocenters. The zero-order valence-corrected chi connectivity index (χ0v) is 24.8. The molecule has 1 saturated carbocycles. The minimum absolute atomic E-state index is 0.00975. The van der Waals surface area contributed by atoms with Gasteiger partial charge in [0.25, 0.3) is 0 Å². The van der Waals surface area contributed by atoms with Crippen LogP contribution in [0.1, 0.15) is 51.0 Å². The molecule has 41 heavy (non-hydrogen) atoms. The molecule has 0 aliphatic heterocycles. The molecule has 13 heteroatoms. The van der Waals surface area contributed by atoms with Crippen molar-refractivity contribution in [3.8, 4) is 0 Å². The maximum atomic E-state index is 12.6. The molecular formula is C28H37ClN2O9S. The predicted molar refractivity (Wildman–Crippen MR) is 152 cm³/mol. The van der Waals surface area contributed by atoms with Crippen LogP contribution in [0.15, 0.2) is 59.5 Å². The van der Waals surface area contributed by atoms with Gasteiger partial charge in [0.1, 0.15) is 0 Å². The minimum Gasteiger partial charge on any atom is -0.481 e. The highest BCUT2D eigenvalue weighted by Gasteiger charge is 2.43. The second-order valence-corrected chi connectivity index (χ2v) is 13.1. The van der Waals surface area contributed by atoms with E-state index in [1.807, 2.05) is 6.07 Å². The van der Waals surface area contributed by atoms with Gasteiger partial charge in [-0.1, -0.05) is 48.9 Å². The fourth-order valence-electron chi connectivity index (χ4n) is 4.87. The third kappa shape index (κ3) is 9.23. The molecule has 5 N–H and O–H groups in total. The van der Waals surface area contributed by atoms with Crippen LogP contribution in [0.5, 0.6) is 0 Å². The average molecular weight is 613 g/mol. The maximum absolute atomic E-state index is 12.6. The number of sulfonamides is 1. The van der Waals surface area contributed by atoms with Crippen LogP contribution in [0.2, 0.25) is 5.02 Å². The van der Waals surface area contributed by atoms with Gasteiger partial charge in [0.05, 0.1) is 17.7 Å². The van der Waals surface area contributed by atoms with E-state index in [-0.39, 0.29) is 15.8 Å². The van der Waals surface area contributed by atoms with Gasteiger partial charge in [-0.25, -0.2) is 17.9 Å². The number of carbonyl (C=O) groups is 3. The lowest BCUT2D eigenvalue weighted by Gasteiger charge is -2.49. The number of halogens is 1. The van der Waals surface area contributed by atoms with Crippen LogP contribution < -0.4 is 4.72 Å². The van der Waals surface area contributed by atoms with Gasteiger partial charge in [-0.2, -0.15) is 0 Å². The van der Waals surface area contributed by atoms with Gasteiger partial charge in [0.2, 0.25) is 10.0 Å². The number of carboxylic acids is 3. The second-order valence-electron chi connectivity index (χ2n) is 10.9. The summed E-state index contributed by atoms with van der Waals surface area (Å²) in [6, 6.07) is 16.9. The lowest BCUT2D eigenvalue weighted by Crippen LogP contribution is -2.48.